The van der Waals surface area contributed by atoms with Gasteiger partial charge in [-0.1, -0.05) is 13.8 Å². The number of nitrogens with zero attached hydrogens (tertiary/aromatic N) is 1. The highest BCUT2D eigenvalue weighted by atomic mass is 16.1. The molecule has 1 aromatic heterocycles. The first-order chi connectivity index (χ1) is 8.00. The highest BCUT2D eigenvalue weighted by molar-refractivity contribution is 6.00. The molecular weight excluding hydrogens is 214 g/mol. The largest absolute Gasteiger partial charge is 0.383 e. The van der Waals surface area contributed by atoms with Gasteiger partial charge in [0.15, 0.2) is 5.78 Å². The molecule has 17 heavy (non-hydrogen) atoms. The molecule has 0 aliphatic carbocycles. The van der Waals surface area contributed by atoms with Crippen LogP contribution in [0.15, 0.2) is 12.3 Å². The van der Waals surface area contributed by atoms with Gasteiger partial charge in [0.05, 0.1) is 5.56 Å². The van der Waals surface area contributed by atoms with Crippen molar-refractivity contribution in [3.8, 4) is 0 Å². The van der Waals surface area contributed by atoms with Gasteiger partial charge in [0.2, 0.25) is 0 Å². The Kier molecular flexibility index (Phi) is 5.10. The third-order valence-corrected chi connectivity index (χ3v) is 2.49. The van der Waals surface area contributed by atoms with Gasteiger partial charge in [-0.3, -0.25) is 4.79 Å². The number of hydrogen-bond donors (Lipinski definition) is 2. The molecule has 94 valence electrons. The number of nitrogens with two attached hydrogens (primary N) is 1. The van der Waals surface area contributed by atoms with E-state index in [4.69, 9.17) is 5.73 Å². The van der Waals surface area contributed by atoms with Crippen LogP contribution in [-0.4, -0.2) is 23.4 Å². The molecule has 0 spiro atoms. The molecule has 0 aliphatic heterocycles. The van der Waals surface area contributed by atoms with Crippen LogP contribution >= 0.6 is 0 Å². The third-order valence-electron chi connectivity index (χ3n) is 2.49. The van der Waals surface area contributed by atoms with Crippen LogP contribution in [-0.2, 0) is 0 Å². The summed E-state index contributed by atoms with van der Waals surface area (Å²) in [4.78, 5) is 15.9. The molecule has 1 heterocycles. The lowest BCUT2D eigenvalue weighted by Crippen LogP contribution is -2.24. The van der Waals surface area contributed by atoms with Crippen LogP contribution in [0, 0.1) is 6.92 Å². The number of carbonyl (C=O) groups is 1. The van der Waals surface area contributed by atoms with E-state index in [2.05, 4.69) is 24.1 Å². The topological polar surface area (TPSA) is 68.0 Å². The molecule has 1 rings (SSSR count). The number of rotatable bonds is 6. The van der Waals surface area contributed by atoms with E-state index in [1.54, 1.807) is 12.3 Å². The number of ketones is 1. The molecule has 0 saturated heterocycles. The normalized spacial score (nSPS) is 10.8. The van der Waals surface area contributed by atoms with Crippen molar-refractivity contribution < 1.29 is 4.79 Å². The smallest absolute Gasteiger partial charge is 0.166 e. The number of nitrogens with one attached hydrogen (secondary N) is 1. The summed E-state index contributed by atoms with van der Waals surface area (Å²) in [6.45, 7) is 6.93. The fourth-order valence-corrected chi connectivity index (χ4v) is 1.58. The summed E-state index contributed by atoms with van der Waals surface area (Å²) in [7, 11) is 0. The van der Waals surface area contributed by atoms with Gasteiger partial charge in [-0.15, -0.1) is 0 Å². The fourth-order valence-electron chi connectivity index (χ4n) is 1.58. The summed E-state index contributed by atoms with van der Waals surface area (Å²) in [6.07, 6.45) is 3.01. The number of carbonyl (C=O) groups excluding carboxylic acids is 1. The van der Waals surface area contributed by atoms with Crippen molar-refractivity contribution in [1.29, 1.82) is 0 Å². The number of anilines is 1. The Morgan fingerprint density at radius 2 is 2.24 bits per heavy atom. The molecule has 4 nitrogen and oxygen atoms in total. The van der Waals surface area contributed by atoms with Gasteiger partial charge in [-0.2, -0.15) is 0 Å². The predicted octanol–water partition coefficient (Wildman–Crippen LogP) is 1.93. The van der Waals surface area contributed by atoms with E-state index < -0.39 is 0 Å². The quantitative estimate of drug-likeness (QED) is 0.584. The summed E-state index contributed by atoms with van der Waals surface area (Å²) >= 11 is 0. The lowest BCUT2D eigenvalue weighted by Gasteiger charge is -2.08. The van der Waals surface area contributed by atoms with Crippen LogP contribution in [0.5, 0.6) is 0 Å². The summed E-state index contributed by atoms with van der Waals surface area (Å²) < 4.78 is 0. The van der Waals surface area contributed by atoms with Gasteiger partial charge >= 0.3 is 0 Å². The van der Waals surface area contributed by atoms with E-state index in [1.165, 1.54) is 0 Å². The van der Waals surface area contributed by atoms with Crippen molar-refractivity contribution >= 4 is 11.6 Å². The maximum Gasteiger partial charge on any atom is 0.166 e. The SMILES string of the molecule is Cc1cnc(N)c(C(=O)CCCNC(C)C)c1. The van der Waals surface area contributed by atoms with Crippen molar-refractivity contribution in [2.45, 2.75) is 39.7 Å². The van der Waals surface area contributed by atoms with Crippen LogP contribution in [0.2, 0.25) is 0 Å². The fraction of sp³-hybridized carbons (Fsp3) is 0.538. The van der Waals surface area contributed by atoms with Gasteiger partial charge in [-0.25, -0.2) is 4.98 Å². The molecule has 0 unspecified atom stereocenters. The van der Waals surface area contributed by atoms with E-state index in [-0.39, 0.29) is 5.78 Å². The highest BCUT2D eigenvalue weighted by Crippen LogP contribution is 2.13. The Morgan fingerprint density at radius 3 is 2.88 bits per heavy atom. The Hall–Kier alpha value is -1.42. The molecular formula is C13H21N3O. The first-order valence-electron chi connectivity index (χ1n) is 5.99. The lowest BCUT2D eigenvalue weighted by molar-refractivity contribution is 0.0980. The Labute approximate surface area is 103 Å². The average Bonchev–Trinajstić information content (AvgIpc) is 2.27. The second kappa shape index (κ2) is 6.35. The van der Waals surface area contributed by atoms with E-state index >= 15 is 0 Å². The second-order valence-corrected chi connectivity index (χ2v) is 4.58. The molecule has 4 heteroatoms. The maximum absolute atomic E-state index is 11.9. The lowest BCUT2D eigenvalue weighted by atomic mass is 10.1. The van der Waals surface area contributed by atoms with Gasteiger partial charge in [0, 0.05) is 18.7 Å². The van der Waals surface area contributed by atoms with Crippen molar-refractivity contribution in [3.63, 3.8) is 0 Å². The minimum Gasteiger partial charge on any atom is -0.383 e. The van der Waals surface area contributed by atoms with Gasteiger partial charge in [0.1, 0.15) is 5.82 Å². The Balaban J connectivity index is 2.49. The van der Waals surface area contributed by atoms with Crippen LogP contribution in [0.4, 0.5) is 5.82 Å². The molecule has 0 radical (unpaired) electrons. The van der Waals surface area contributed by atoms with Crippen LogP contribution in [0.3, 0.4) is 0 Å². The van der Waals surface area contributed by atoms with E-state index in [1.807, 2.05) is 6.92 Å². The Bertz CT molecular complexity index is 388. The van der Waals surface area contributed by atoms with Crippen molar-refractivity contribution in [2.75, 3.05) is 12.3 Å². The number of aromatic nitrogens is 1. The minimum absolute atomic E-state index is 0.0734. The average molecular weight is 235 g/mol. The molecule has 1 aromatic rings. The van der Waals surface area contributed by atoms with Crippen molar-refractivity contribution in [2.24, 2.45) is 0 Å². The summed E-state index contributed by atoms with van der Waals surface area (Å²) in [5.74, 6) is 0.404. The van der Waals surface area contributed by atoms with Crippen molar-refractivity contribution in [3.05, 3.63) is 23.4 Å². The minimum atomic E-state index is 0.0734. The molecule has 0 amide bonds. The van der Waals surface area contributed by atoms with Crippen LogP contribution < -0.4 is 11.1 Å². The van der Waals surface area contributed by atoms with E-state index in [0.717, 1.165) is 18.5 Å². The second-order valence-electron chi connectivity index (χ2n) is 4.58. The number of nitrogen functional groups attached to an aromatic ring is 1. The van der Waals surface area contributed by atoms with Crippen LogP contribution in [0.1, 0.15) is 42.6 Å². The summed E-state index contributed by atoms with van der Waals surface area (Å²) in [5, 5.41) is 3.28. The van der Waals surface area contributed by atoms with Crippen LogP contribution in [0.25, 0.3) is 0 Å². The molecule has 0 aromatic carbocycles. The van der Waals surface area contributed by atoms with Gasteiger partial charge in [0.25, 0.3) is 0 Å². The monoisotopic (exact) mass is 235 g/mol. The van der Waals surface area contributed by atoms with Gasteiger partial charge < -0.3 is 11.1 Å². The first-order valence-corrected chi connectivity index (χ1v) is 5.99. The molecule has 3 N–H and O–H groups in total. The third kappa shape index (κ3) is 4.53. The summed E-state index contributed by atoms with van der Waals surface area (Å²) in [5.41, 5.74) is 7.21. The number of Topliss-reactive ketones (excluding diaryl/α,β-unsaturated/α-hetero) is 1. The molecule has 0 saturated carbocycles. The molecule has 0 aliphatic rings. The zero-order chi connectivity index (χ0) is 12.8. The predicted molar refractivity (Wildman–Crippen MR) is 70.1 cm³/mol. The molecule has 0 fully saturated rings. The van der Waals surface area contributed by atoms with E-state index in [9.17, 15) is 4.79 Å². The first kappa shape index (κ1) is 13.6. The number of hydrogen-bond acceptors (Lipinski definition) is 4. The number of pyridine rings is 1. The summed E-state index contributed by atoms with van der Waals surface area (Å²) in [6, 6.07) is 2.26. The molecule has 0 atom stereocenters. The highest BCUT2D eigenvalue weighted by Gasteiger charge is 2.10. The standard InChI is InChI=1S/C13H21N3O/c1-9(2)15-6-4-5-12(17)11-7-10(3)8-16-13(11)14/h7-9,15H,4-6H2,1-3H3,(H2,14,16). The van der Waals surface area contributed by atoms with Crippen molar-refractivity contribution in [1.82, 2.24) is 10.3 Å². The zero-order valence-corrected chi connectivity index (χ0v) is 10.8. The Morgan fingerprint density at radius 1 is 1.53 bits per heavy atom. The maximum atomic E-state index is 11.9. The number of aryl methyl sites for hydroxylation is 1. The van der Waals surface area contributed by atoms with Gasteiger partial charge in [-0.05, 0) is 31.5 Å². The zero-order valence-electron chi connectivity index (χ0n) is 10.8. The van der Waals surface area contributed by atoms with E-state index in [0.29, 0.717) is 23.8 Å². The molecule has 0 bridgehead atoms.